The third kappa shape index (κ3) is 1.75. The molecule has 2 aromatic rings. The highest BCUT2D eigenvalue weighted by Crippen LogP contribution is 2.33. The highest BCUT2D eigenvalue weighted by Gasteiger charge is 2.13. The van der Waals surface area contributed by atoms with Gasteiger partial charge in [0.2, 0.25) is 0 Å². The maximum absolute atomic E-state index is 10.8. The summed E-state index contributed by atoms with van der Waals surface area (Å²) >= 11 is 6.97. The predicted octanol–water partition coefficient (Wildman–Crippen LogP) is 2.66. The summed E-state index contributed by atoms with van der Waals surface area (Å²) in [5.41, 5.74) is 0.761. The molecule has 0 amide bonds. The Kier molecular flexibility index (Phi) is 2.50. The minimum atomic E-state index is -1.00. The Morgan fingerprint density at radius 3 is 2.93 bits per heavy atom. The number of aromatic carboxylic acids is 1. The van der Waals surface area contributed by atoms with Gasteiger partial charge in [0.15, 0.2) is 4.47 Å². The van der Waals surface area contributed by atoms with E-state index in [4.69, 9.17) is 21.4 Å². The fourth-order valence-corrected chi connectivity index (χ4v) is 2.33. The molecule has 1 heterocycles. The van der Waals surface area contributed by atoms with Gasteiger partial charge >= 0.3 is 5.97 Å². The van der Waals surface area contributed by atoms with Crippen molar-refractivity contribution in [3.05, 3.63) is 22.2 Å². The molecule has 0 radical (unpaired) electrons. The molecule has 0 aliphatic rings. The number of hydrogen-bond donors (Lipinski definition) is 1. The minimum absolute atomic E-state index is 0.166. The Hall–Kier alpha value is -1.33. The first-order valence-corrected chi connectivity index (χ1v) is 5.18. The van der Waals surface area contributed by atoms with Gasteiger partial charge in [-0.05, 0) is 12.1 Å². The van der Waals surface area contributed by atoms with Crippen LogP contribution in [0.15, 0.2) is 12.1 Å². The molecule has 1 N–H and O–H groups in total. The van der Waals surface area contributed by atoms with E-state index in [2.05, 4.69) is 4.98 Å². The van der Waals surface area contributed by atoms with Gasteiger partial charge in [-0.2, -0.15) is 0 Å². The quantitative estimate of drug-likeness (QED) is 0.881. The van der Waals surface area contributed by atoms with Crippen molar-refractivity contribution in [3.8, 4) is 5.75 Å². The van der Waals surface area contributed by atoms with Gasteiger partial charge in [-0.3, -0.25) is 0 Å². The van der Waals surface area contributed by atoms with Gasteiger partial charge in [-0.1, -0.05) is 11.6 Å². The van der Waals surface area contributed by atoms with E-state index < -0.39 is 5.97 Å². The Labute approximate surface area is 94.1 Å². The van der Waals surface area contributed by atoms with Crippen molar-refractivity contribution in [2.75, 3.05) is 7.11 Å². The number of methoxy groups -OCH3 is 1. The van der Waals surface area contributed by atoms with Crippen LogP contribution in [0.4, 0.5) is 0 Å². The van der Waals surface area contributed by atoms with Crippen molar-refractivity contribution >= 4 is 39.1 Å². The molecule has 6 heteroatoms. The summed E-state index contributed by atoms with van der Waals surface area (Å²) in [5, 5.41) is 8.87. The molecule has 1 aromatic heterocycles. The van der Waals surface area contributed by atoms with E-state index in [-0.39, 0.29) is 5.56 Å². The number of aromatic nitrogens is 1. The summed E-state index contributed by atoms with van der Waals surface area (Å²) < 4.78 is 6.13. The summed E-state index contributed by atoms with van der Waals surface area (Å²) in [7, 11) is 1.47. The first-order chi connectivity index (χ1) is 7.11. The number of thiazole rings is 1. The lowest BCUT2D eigenvalue weighted by Gasteiger charge is -2.01. The molecule has 0 spiro atoms. The zero-order valence-corrected chi connectivity index (χ0v) is 9.22. The fourth-order valence-electron chi connectivity index (χ4n) is 1.25. The normalized spacial score (nSPS) is 10.5. The summed E-state index contributed by atoms with van der Waals surface area (Å²) in [6, 6.07) is 2.96. The third-order valence-corrected chi connectivity index (χ3v) is 3.01. The number of rotatable bonds is 2. The number of carboxylic acid groups (broad SMARTS) is 1. The van der Waals surface area contributed by atoms with Gasteiger partial charge in [-0.25, -0.2) is 9.78 Å². The lowest BCUT2D eigenvalue weighted by molar-refractivity contribution is 0.0696. The summed E-state index contributed by atoms with van der Waals surface area (Å²) in [5.74, 6) is -0.576. The number of hydrogen-bond acceptors (Lipinski definition) is 4. The second-order valence-electron chi connectivity index (χ2n) is 2.80. The van der Waals surface area contributed by atoms with Crippen LogP contribution in [0.2, 0.25) is 4.47 Å². The van der Waals surface area contributed by atoms with E-state index in [9.17, 15) is 4.79 Å². The first-order valence-electron chi connectivity index (χ1n) is 3.99. The fraction of sp³-hybridized carbons (Fsp3) is 0.111. The van der Waals surface area contributed by atoms with Crippen LogP contribution in [0.25, 0.3) is 10.2 Å². The topological polar surface area (TPSA) is 59.4 Å². The number of carboxylic acids is 1. The van der Waals surface area contributed by atoms with E-state index in [1.165, 1.54) is 30.6 Å². The molecule has 0 aliphatic carbocycles. The molecule has 2 rings (SSSR count). The van der Waals surface area contributed by atoms with E-state index in [1.807, 2.05) is 0 Å². The smallest absolute Gasteiger partial charge is 0.335 e. The maximum atomic E-state index is 10.8. The molecule has 0 saturated heterocycles. The molecular weight excluding hydrogens is 238 g/mol. The average Bonchev–Trinajstić information content (AvgIpc) is 2.56. The lowest BCUT2D eigenvalue weighted by atomic mass is 10.2. The van der Waals surface area contributed by atoms with Crippen molar-refractivity contribution in [1.82, 2.24) is 4.98 Å². The van der Waals surface area contributed by atoms with E-state index >= 15 is 0 Å². The van der Waals surface area contributed by atoms with Crippen molar-refractivity contribution in [2.45, 2.75) is 0 Å². The van der Waals surface area contributed by atoms with Crippen LogP contribution in [0.5, 0.6) is 5.75 Å². The van der Waals surface area contributed by atoms with Gasteiger partial charge in [0.25, 0.3) is 0 Å². The molecule has 0 bridgehead atoms. The van der Waals surface area contributed by atoms with Crippen LogP contribution in [-0.2, 0) is 0 Å². The molecule has 0 fully saturated rings. The number of nitrogens with zero attached hydrogens (tertiary/aromatic N) is 1. The maximum Gasteiger partial charge on any atom is 0.335 e. The van der Waals surface area contributed by atoms with Gasteiger partial charge in [0, 0.05) is 0 Å². The Bertz CT molecular complexity index is 537. The largest absolute Gasteiger partial charge is 0.494 e. The first kappa shape index (κ1) is 10.2. The zero-order chi connectivity index (χ0) is 11.0. The molecule has 0 aliphatic heterocycles. The molecular formula is C9H6ClNO3S. The molecule has 0 saturated carbocycles. The molecule has 0 atom stereocenters. The van der Waals surface area contributed by atoms with Crippen molar-refractivity contribution in [1.29, 1.82) is 0 Å². The number of fused-ring (bicyclic) bond motifs is 1. The van der Waals surface area contributed by atoms with Crippen molar-refractivity contribution in [3.63, 3.8) is 0 Å². The Morgan fingerprint density at radius 2 is 2.33 bits per heavy atom. The van der Waals surface area contributed by atoms with Crippen molar-refractivity contribution in [2.24, 2.45) is 0 Å². The molecule has 0 unspecified atom stereocenters. The lowest BCUT2D eigenvalue weighted by Crippen LogP contribution is -1.97. The molecule has 15 heavy (non-hydrogen) atoms. The standard InChI is InChI=1S/C9H6ClNO3S/c1-14-5-2-4(8(12)13)3-6-7(5)11-9(10)15-6/h2-3H,1H3,(H,12,13). The molecule has 4 nitrogen and oxygen atoms in total. The monoisotopic (exact) mass is 243 g/mol. The molecule has 1 aromatic carbocycles. The SMILES string of the molecule is COc1cc(C(=O)O)cc2sc(Cl)nc12. The van der Waals surface area contributed by atoms with E-state index in [0.717, 1.165) is 0 Å². The van der Waals surface area contributed by atoms with Gasteiger partial charge < -0.3 is 9.84 Å². The highest BCUT2D eigenvalue weighted by molar-refractivity contribution is 7.22. The molecule has 78 valence electrons. The zero-order valence-electron chi connectivity index (χ0n) is 7.65. The summed E-state index contributed by atoms with van der Waals surface area (Å²) in [6.07, 6.45) is 0. The number of carbonyl (C=O) groups is 1. The Balaban J connectivity index is 2.76. The van der Waals surface area contributed by atoms with Crippen LogP contribution in [0, 0.1) is 0 Å². The van der Waals surface area contributed by atoms with E-state index in [1.54, 1.807) is 0 Å². The minimum Gasteiger partial charge on any atom is -0.494 e. The number of halogens is 1. The van der Waals surface area contributed by atoms with Crippen LogP contribution in [0.1, 0.15) is 10.4 Å². The number of benzene rings is 1. The van der Waals surface area contributed by atoms with Crippen LogP contribution in [-0.4, -0.2) is 23.2 Å². The number of ether oxygens (including phenoxy) is 1. The second kappa shape index (κ2) is 3.67. The van der Waals surface area contributed by atoms with Crippen LogP contribution >= 0.6 is 22.9 Å². The summed E-state index contributed by atoms with van der Waals surface area (Å²) in [4.78, 5) is 14.9. The third-order valence-electron chi connectivity index (χ3n) is 1.90. The van der Waals surface area contributed by atoms with Gasteiger partial charge in [0.1, 0.15) is 11.3 Å². The second-order valence-corrected chi connectivity index (χ2v) is 4.41. The summed E-state index contributed by atoms with van der Waals surface area (Å²) in [6.45, 7) is 0. The van der Waals surface area contributed by atoms with Crippen LogP contribution in [0.3, 0.4) is 0 Å². The average molecular weight is 244 g/mol. The van der Waals surface area contributed by atoms with Crippen molar-refractivity contribution < 1.29 is 14.6 Å². The highest BCUT2D eigenvalue weighted by atomic mass is 35.5. The predicted molar refractivity (Wildman–Crippen MR) is 58.1 cm³/mol. The van der Waals surface area contributed by atoms with Crippen LogP contribution < -0.4 is 4.74 Å². The van der Waals surface area contributed by atoms with Gasteiger partial charge in [0.05, 0.1) is 17.4 Å². The van der Waals surface area contributed by atoms with E-state index in [0.29, 0.717) is 20.4 Å². The Morgan fingerprint density at radius 1 is 1.60 bits per heavy atom. The van der Waals surface area contributed by atoms with Gasteiger partial charge in [-0.15, -0.1) is 11.3 Å².